The van der Waals surface area contributed by atoms with Gasteiger partial charge >= 0.3 is 0 Å². The molecule has 1 aliphatic heterocycles. The van der Waals surface area contributed by atoms with E-state index in [9.17, 15) is 4.79 Å². The normalized spacial score (nSPS) is 21.1. The van der Waals surface area contributed by atoms with Crippen molar-refractivity contribution in [3.05, 3.63) is 24.5 Å². The number of rotatable bonds is 3. The van der Waals surface area contributed by atoms with E-state index < -0.39 is 0 Å². The maximum absolute atomic E-state index is 12.0. The van der Waals surface area contributed by atoms with Crippen molar-refractivity contribution in [2.75, 3.05) is 19.7 Å². The summed E-state index contributed by atoms with van der Waals surface area (Å²) >= 11 is 0. The number of nitrogens with zero attached hydrogens (tertiary/aromatic N) is 2. The van der Waals surface area contributed by atoms with Crippen LogP contribution in [0, 0.1) is 5.92 Å². The zero-order valence-corrected chi connectivity index (χ0v) is 9.38. The lowest BCUT2D eigenvalue weighted by Gasteiger charge is -2.32. The van der Waals surface area contributed by atoms with Gasteiger partial charge in [0.15, 0.2) is 0 Å². The summed E-state index contributed by atoms with van der Waals surface area (Å²) in [5.74, 6) is 0.414. The molecule has 2 rings (SSSR count). The molecule has 1 fully saturated rings. The Morgan fingerprint density at radius 3 is 2.81 bits per heavy atom. The quantitative estimate of drug-likeness (QED) is 0.819. The maximum Gasteiger partial charge on any atom is 0.242 e. The second kappa shape index (κ2) is 5.16. The molecule has 1 aliphatic rings. The van der Waals surface area contributed by atoms with Crippen molar-refractivity contribution in [2.24, 2.45) is 5.92 Å². The molecule has 1 amide bonds. The lowest BCUT2D eigenvalue weighted by molar-refractivity contribution is -0.133. The molecular formula is C12H18N2O2. The minimum atomic E-state index is 0.148. The first-order chi connectivity index (χ1) is 7.79. The highest BCUT2D eigenvalue weighted by Crippen LogP contribution is 2.16. The lowest BCUT2D eigenvalue weighted by atomic mass is 9.99. The van der Waals surface area contributed by atoms with Crippen LogP contribution in [0.25, 0.3) is 0 Å². The molecule has 0 spiro atoms. The molecule has 0 saturated carbocycles. The predicted octanol–water partition coefficient (Wildman–Crippen LogP) is 0.719. The fourth-order valence-electron chi connectivity index (χ4n) is 2.17. The number of carbonyl (C=O) groups excluding carboxylic acids is 1. The molecule has 2 heterocycles. The van der Waals surface area contributed by atoms with E-state index in [1.54, 1.807) is 0 Å². The van der Waals surface area contributed by atoms with Crippen molar-refractivity contribution in [1.29, 1.82) is 0 Å². The first-order valence-electron chi connectivity index (χ1n) is 5.79. The lowest BCUT2D eigenvalue weighted by Crippen LogP contribution is -2.42. The van der Waals surface area contributed by atoms with Crippen LogP contribution < -0.4 is 0 Å². The fraction of sp³-hybridized carbons (Fsp3) is 0.583. The number of piperidine rings is 1. The number of hydrogen-bond acceptors (Lipinski definition) is 2. The van der Waals surface area contributed by atoms with Gasteiger partial charge in [0.2, 0.25) is 5.91 Å². The number of aliphatic hydroxyl groups excluding tert-OH is 1. The summed E-state index contributed by atoms with van der Waals surface area (Å²) in [5.41, 5.74) is 0. The van der Waals surface area contributed by atoms with Crippen LogP contribution in [-0.4, -0.2) is 40.2 Å². The van der Waals surface area contributed by atoms with Crippen LogP contribution in [0.1, 0.15) is 12.8 Å². The molecular weight excluding hydrogens is 204 g/mol. The predicted molar refractivity (Wildman–Crippen MR) is 60.8 cm³/mol. The van der Waals surface area contributed by atoms with Crippen molar-refractivity contribution in [2.45, 2.75) is 19.4 Å². The van der Waals surface area contributed by atoms with Crippen molar-refractivity contribution in [3.63, 3.8) is 0 Å². The van der Waals surface area contributed by atoms with Gasteiger partial charge in [0, 0.05) is 32.1 Å². The summed E-state index contributed by atoms with van der Waals surface area (Å²) < 4.78 is 1.88. The van der Waals surface area contributed by atoms with Crippen LogP contribution in [0.2, 0.25) is 0 Å². The van der Waals surface area contributed by atoms with Crippen LogP contribution >= 0.6 is 0 Å². The Balaban J connectivity index is 1.89. The zero-order valence-electron chi connectivity index (χ0n) is 9.38. The molecule has 1 aromatic rings. The Morgan fingerprint density at radius 1 is 1.38 bits per heavy atom. The van der Waals surface area contributed by atoms with E-state index >= 15 is 0 Å². The molecule has 1 atom stereocenters. The van der Waals surface area contributed by atoms with E-state index in [1.807, 2.05) is 34.0 Å². The summed E-state index contributed by atoms with van der Waals surface area (Å²) in [6.45, 7) is 2.13. The topological polar surface area (TPSA) is 45.5 Å². The second-order valence-electron chi connectivity index (χ2n) is 4.39. The van der Waals surface area contributed by atoms with Crippen molar-refractivity contribution in [1.82, 2.24) is 9.47 Å². The van der Waals surface area contributed by atoms with Gasteiger partial charge in [0.1, 0.15) is 6.54 Å². The monoisotopic (exact) mass is 222 g/mol. The van der Waals surface area contributed by atoms with E-state index in [-0.39, 0.29) is 18.4 Å². The van der Waals surface area contributed by atoms with E-state index in [0.717, 1.165) is 19.4 Å². The third kappa shape index (κ3) is 2.64. The Morgan fingerprint density at radius 2 is 2.12 bits per heavy atom. The molecule has 4 heteroatoms. The SMILES string of the molecule is O=C(Cn1cccc1)N1CCC[C@@H](CO)C1. The van der Waals surface area contributed by atoms with Crippen molar-refractivity contribution >= 4 is 5.91 Å². The summed E-state index contributed by atoms with van der Waals surface area (Å²) in [4.78, 5) is 13.8. The van der Waals surface area contributed by atoms with Crippen LogP contribution in [0.4, 0.5) is 0 Å². The van der Waals surface area contributed by atoms with E-state index in [1.165, 1.54) is 0 Å². The fourth-order valence-corrected chi connectivity index (χ4v) is 2.17. The summed E-state index contributed by atoms with van der Waals surface area (Å²) in [5, 5.41) is 9.10. The van der Waals surface area contributed by atoms with Crippen LogP contribution in [-0.2, 0) is 11.3 Å². The van der Waals surface area contributed by atoms with Gasteiger partial charge in [0.25, 0.3) is 0 Å². The number of amides is 1. The average molecular weight is 222 g/mol. The van der Waals surface area contributed by atoms with E-state index in [2.05, 4.69) is 0 Å². The van der Waals surface area contributed by atoms with Crippen molar-refractivity contribution < 1.29 is 9.90 Å². The van der Waals surface area contributed by atoms with E-state index in [4.69, 9.17) is 5.11 Å². The molecule has 0 radical (unpaired) electrons. The van der Waals surface area contributed by atoms with Gasteiger partial charge in [-0.25, -0.2) is 0 Å². The Bertz CT molecular complexity index is 335. The highest BCUT2D eigenvalue weighted by Gasteiger charge is 2.22. The first kappa shape index (κ1) is 11.2. The summed E-state index contributed by atoms with van der Waals surface area (Å²) in [6, 6.07) is 3.83. The Kier molecular flexibility index (Phi) is 3.62. The smallest absolute Gasteiger partial charge is 0.242 e. The third-order valence-corrected chi connectivity index (χ3v) is 3.11. The van der Waals surface area contributed by atoms with Gasteiger partial charge in [-0.05, 0) is 30.9 Å². The zero-order chi connectivity index (χ0) is 11.4. The first-order valence-corrected chi connectivity index (χ1v) is 5.79. The number of hydrogen-bond donors (Lipinski definition) is 1. The molecule has 88 valence electrons. The summed E-state index contributed by atoms with van der Waals surface area (Å²) in [6.07, 6.45) is 5.82. The summed E-state index contributed by atoms with van der Waals surface area (Å²) in [7, 11) is 0. The van der Waals surface area contributed by atoms with Gasteiger partial charge in [-0.2, -0.15) is 0 Å². The van der Waals surface area contributed by atoms with Gasteiger partial charge < -0.3 is 14.6 Å². The van der Waals surface area contributed by atoms with Crippen molar-refractivity contribution in [3.8, 4) is 0 Å². The Labute approximate surface area is 95.5 Å². The molecule has 1 aromatic heterocycles. The van der Waals surface area contributed by atoms with E-state index in [0.29, 0.717) is 13.1 Å². The number of aromatic nitrogens is 1. The van der Waals surface area contributed by atoms with Gasteiger partial charge in [-0.3, -0.25) is 4.79 Å². The molecule has 4 nitrogen and oxygen atoms in total. The van der Waals surface area contributed by atoms with Gasteiger partial charge in [0.05, 0.1) is 0 Å². The minimum absolute atomic E-state index is 0.148. The average Bonchev–Trinajstić information content (AvgIpc) is 2.82. The van der Waals surface area contributed by atoms with Crippen LogP contribution in [0.5, 0.6) is 0 Å². The molecule has 0 aliphatic carbocycles. The standard InChI is InChI=1S/C12H18N2O2/c15-10-11-4-3-7-14(8-11)12(16)9-13-5-1-2-6-13/h1-2,5-6,11,15H,3-4,7-10H2/t11-/m1/s1. The third-order valence-electron chi connectivity index (χ3n) is 3.11. The molecule has 16 heavy (non-hydrogen) atoms. The van der Waals surface area contributed by atoms with Gasteiger partial charge in [-0.15, -0.1) is 0 Å². The molecule has 0 bridgehead atoms. The maximum atomic E-state index is 12.0. The highest BCUT2D eigenvalue weighted by molar-refractivity contribution is 5.76. The van der Waals surface area contributed by atoms with Gasteiger partial charge in [-0.1, -0.05) is 0 Å². The van der Waals surface area contributed by atoms with Crippen LogP contribution in [0.15, 0.2) is 24.5 Å². The highest BCUT2D eigenvalue weighted by atomic mass is 16.3. The molecule has 1 saturated heterocycles. The molecule has 0 unspecified atom stereocenters. The minimum Gasteiger partial charge on any atom is -0.396 e. The number of aliphatic hydroxyl groups is 1. The molecule has 1 N–H and O–H groups in total. The second-order valence-corrected chi connectivity index (χ2v) is 4.39. The number of likely N-dealkylation sites (tertiary alicyclic amines) is 1. The molecule has 0 aromatic carbocycles. The number of carbonyl (C=O) groups is 1. The largest absolute Gasteiger partial charge is 0.396 e. The Hall–Kier alpha value is -1.29. The van der Waals surface area contributed by atoms with Crippen LogP contribution in [0.3, 0.4) is 0 Å².